The smallest absolute Gasteiger partial charge is 0.167 e. The Hall–Kier alpha value is -1.18. The monoisotopic (exact) mass is 257 g/mol. The molecule has 102 valence electrons. The summed E-state index contributed by atoms with van der Waals surface area (Å²) in [6.45, 7) is 6.25. The highest BCUT2D eigenvalue weighted by Gasteiger charge is 2.46. The zero-order chi connectivity index (χ0) is 13.6. The molecule has 0 aliphatic heterocycles. The van der Waals surface area contributed by atoms with E-state index in [4.69, 9.17) is 0 Å². The topological polar surface area (TPSA) is 30.0 Å². The summed E-state index contributed by atoms with van der Waals surface area (Å²) in [6.07, 6.45) is 7.93. The van der Waals surface area contributed by atoms with Crippen molar-refractivity contribution in [3.05, 3.63) is 29.1 Å². The Kier molecular flexibility index (Phi) is 2.99. The van der Waals surface area contributed by atoms with E-state index in [1.54, 1.807) is 0 Å². The van der Waals surface area contributed by atoms with E-state index in [2.05, 4.69) is 18.0 Å². The minimum Gasteiger partial charge on any atom is -0.294 e. The number of carbonyl (C=O) groups excluding carboxylic acids is 1. The van der Waals surface area contributed by atoms with Gasteiger partial charge >= 0.3 is 0 Å². The van der Waals surface area contributed by atoms with E-state index >= 15 is 0 Å². The Labute approximate surface area is 115 Å². The Bertz CT molecular complexity index is 510. The van der Waals surface area contributed by atoms with E-state index in [0.29, 0.717) is 11.7 Å². The van der Waals surface area contributed by atoms with Crippen molar-refractivity contribution in [2.75, 3.05) is 0 Å². The molecule has 0 aromatic carbocycles. The van der Waals surface area contributed by atoms with Gasteiger partial charge in [0, 0.05) is 23.6 Å². The fraction of sp³-hybridized carbons (Fsp3) is 0.647. The third kappa shape index (κ3) is 2.11. The molecule has 0 saturated heterocycles. The largest absolute Gasteiger partial charge is 0.294 e. The first-order valence-electron chi connectivity index (χ1n) is 7.62. The highest BCUT2D eigenvalue weighted by atomic mass is 16.1. The molecule has 2 nitrogen and oxygen atoms in total. The molecule has 0 amide bonds. The third-order valence-corrected chi connectivity index (χ3v) is 4.82. The van der Waals surface area contributed by atoms with Gasteiger partial charge in [0.1, 0.15) is 0 Å². The zero-order valence-corrected chi connectivity index (χ0v) is 12.2. The van der Waals surface area contributed by atoms with Crippen molar-refractivity contribution in [1.29, 1.82) is 0 Å². The third-order valence-electron chi connectivity index (χ3n) is 4.82. The van der Waals surface area contributed by atoms with Crippen LogP contribution in [-0.4, -0.2) is 10.8 Å². The predicted molar refractivity (Wildman–Crippen MR) is 76.6 cm³/mol. The summed E-state index contributed by atoms with van der Waals surface area (Å²) >= 11 is 0. The molecule has 1 aromatic heterocycles. The van der Waals surface area contributed by atoms with Crippen LogP contribution >= 0.6 is 0 Å². The van der Waals surface area contributed by atoms with Gasteiger partial charge in [0.05, 0.1) is 5.69 Å². The van der Waals surface area contributed by atoms with Crippen molar-refractivity contribution >= 4 is 5.78 Å². The highest BCUT2D eigenvalue weighted by molar-refractivity contribution is 6.00. The SMILES string of the molecule is CCC1(c2ccnc(C3CC3)c2C(=O)C(C)C)CC1. The number of nitrogens with zero attached hydrogens (tertiary/aromatic N) is 1. The van der Waals surface area contributed by atoms with Crippen LogP contribution in [-0.2, 0) is 5.41 Å². The van der Waals surface area contributed by atoms with Gasteiger partial charge in [-0.05, 0) is 49.1 Å². The maximum atomic E-state index is 12.7. The Balaban J connectivity index is 2.13. The predicted octanol–water partition coefficient (Wildman–Crippen LogP) is 4.24. The van der Waals surface area contributed by atoms with Gasteiger partial charge in [-0.3, -0.25) is 9.78 Å². The van der Waals surface area contributed by atoms with Gasteiger partial charge < -0.3 is 0 Å². The van der Waals surface area contributed by atoms with Crippen molar-refractivity contribution < 1.29 is 4.79 Å². The standard InChI is InChI=1S/C17H23NO/c1-4-17(8-9-17)13-7-10-18-15(12-5-6-12)14(13)16(19)11(2)3/h7,10-12H,4-6,8-9H2,1-3H3. The second-order valence-electron chi connectivity index (χ2n) is 6.55. The van der Waals surface area contributed by atoms with E-state index in [-0.39, 0.29) is 11.3 Å². The van der Waals surface area contributed by atoms with Gasteiger partial charge in [-0.2, -0.15) is 0 Å². The van der Waals surface area contributed by atoms with Crippen LogP contribution in [0.2, 0.25) is 0 Å². The van der Waals surface area contributed by atoms with Crippen molar-refractivity contribution in [2.24, 2.45) is 5.92 Å². The van der Waals surface area contributed by atoms with Gasteiger partial charge in [-0.1, -0.05) is 20.8 Å². The average Bonchev–Trinajstić information content (AvgIpc) is 3.30. The summed E-state index contributed by atoms with van der Waals surface area (Å²) in [6, 6.07) is 2.11. The number of Topliss-reactive ketones (excluding diaryl/α,β-unsaturated/α-hetero) is 1. The van der Waals surface area contributed by atoms with Crippen LogP contribution < -0.4 is 0 Å². The molecule has 19 heavy (non-hydrogen) atoms. The van der Waals surface area contributed by atoms with Crippen molar-refractivity contribution in [2.45, 2.75) is 64.2 Å². The van der Waals surface area contributed by atoms with Crippen LogP contribution in [0.3, 0.4) is 0 Å². The quantitative estimate of drug-likeness (QED) is 0.738. The first-order valence-corrected chi connectivity index (χ1v) is 7.62. The molecule has 0 N–H and O–H groups in total. The minimum atomic E-state index is 0.0631. The molecule has 0 unspecified atom stereocenters. The second-order valence-corrected chi connectivity index (χ2v) is 6.55. The lowest BCUT2D eigenvalue weighted by atomic mass is 9.84. The maximum absolute atomic E-state index is 12.7. The van der Waals surface area contributed by atoms with Gasteiger partial charge in [0.2, 0.25) is 0 Å². The molecule has 0 radical (unpaired) electrons. The number of rotatable bonds is 5. The van der Waals surface area contributed by atoms with Gasteiger partial charge in [-0.15, -0.1) is 0 Å². The van der Waals surface area contributed by atoms with E-state index in [9.17, 15) is 4.79 Å². The number of ketones is 1. The summed E-state index contributed by atoms with van der Waals surface area (Å²) in [5, 5.41) is 0. The van der Waals surface area contributed by atoms with Crippen LogP contribution in [0.5, 0.6) is 0 Å². The Morgan fingerprint density at radius 2 is 2.11 bits per heavy atom. The summed E-state index contributed by atoms with van der Waals surface area (Å²) < 4.78 is 0. The summed E-state index contributed by atoms with van der Waals surface area (Å²) in [4.78, 5) is 17.2. The summed E-state index contributed by atoms with van der Waals surface area (Å²) in [5.74, 6) is 0.906. The molecular formula is C17H23NO. The molecule has 0 spiro atoms. The maximum Gasteiger partial charge on any atom is 0.167 e. The lowest BCUT2D eigenvalue weighted by molar-refractivity contribution is 0.0936. The molecule has 2 saturated carbocycles. The number of hydrogen-bond acceptors (Lipinski definition) is 2. The molecule has 0 bridgehead atoms. The van der Waals surface area contributed by atoms with Gasteiger partial charge in [0.25, 0.3) is 0 Å². The first-order chi connectivity index (χ1) is 9.09. The minimum absolute atomic E-state index is 0.0631. The lowest BCUT2D eigenvalue weighted by Crippen LogP contribution is -2.19. The second kappa shape index (κ2) is 4.43. The number of hydrogen-bond donors (Lipinski definition) is 0. The van der Waals surface area contributed by atoms with Crippen molar-refractivity contribution in [3.8, 4) is 0 Å². The summed E-state index contributed by atoms with van der Waals surface area (Å²) in [5.41, 5.74) is 3.66. The van der Waals surface area contributed by atoms with Crippen LogP contribution in [0, 0.1) is 5.92 Å². The zero-order valence-electron chi connectivity index (χ0n) is 12.2. The van der Waals surface area contributed by atoms with Gasteiger partial charge in [0.15, 0.2) is 5.78 Å². The molecule has 2 aliphatic carbocycles. The van der Waals surface area contributed by atoms with E-state index in [1.165, 1.54) is 31.2 Å². The average molecular weight is 257 g/mol. The van der Waals surface area contributed by atoms with Gasteiger partial charge in [-0.25, -0.2) is 0 Å². The fourth-order valence-electron chi connectivity index (χ4n) is 3.10. The van der Waals surface area contributed by atoms with Crippen LogP contribution in [0.1, 0.15) is 80.4 Å². The molecule has 1 aromatic rings. The number of carbonyl (C=O) groups is 1. The van der Waals surface area contributed by atoms with Crippen LogP contribution in [0.25, 0.3) is 0 Å². The summed E-state index contributed by atoms with van der Waals surface area (Å²) in [7, 11) is 0. The molecule has 1 heterocycles. The number of aromatic nitrogens is 1. The molecular weight excluding hydrogens is 234 g/mol. The first kappa shape index (κ1) is 12.8. The fourth-order valence-corrected chi connectivity index (χ4v) is 3.10. The lowest BCUT2D eigenvalue weighted by Gasteiger charge is -2.20. The van der Waals surface area contributed by atoms with Crippen LogP contribution in [0.15, 0.2) is 12.3 Å². The Morgan fingerprint density at radius 1 is 1.42 bits per heavy atom. The van der Waals surface area contributed by atoms with E-state index in [0.717, 1.165) is 17.7 Å². The van der Waals surface area contributed by atoms with Crippen molar-refractivity contribution in [3.63, 3.8) is 0 Å². The molecule has 0 atom stereocenters. The molecule has 2 fully saturated rings. The van der Waals surface area contributed by atoms with E-state index < -0.39 is 0 Å². The molecule has 2 aliphatic rings. The normalized spacial score (nSPS) is 20.6. The molecule has 3 rings (SSSR count). The van der Waals surface area contributed by atoms with E-state index in [1.807, 2.05) is 20.0 Å². The Morgan fingerprint density at radius 3 is 2.58 bits per heavy atom. The highest BCUT2D eigenvalue weighted by Crippen LogP contribution is 2.53. The van der Waals surface area contributed by atoms with Crippen LogP contribution in [0.4, 0.5) is 0 Å². The van der Waals surface area contributed by atoms with Crippen molar-refractivity contribution in [1.82, 2.24) is 4.98 Å². The molecule has 2 heteroatoms. The number of pyridine rings is 1.